The zero-order valence-electron chi connectivity index (χ0n) is 7.31. The van der Waals surface area contributed by atoms with Crippen molar-refractivity contribution in [1.29, 1.82) is 0 Å². The first kappa shape index (κ1) is 9.63. The molecule has 0 radical (unpaired) electrons. The van der Waals surface area contributed by atoms with Gasteiger partial charge in [0.1, 0.15) is 12.7 Å². The van der Waals surface area contributed by atoms with Crippen molar-refractivity contribution in [2.75, 3.05) is 0 Å². The summed E-state index contributed by atoms with van der Waals surface area (Å²) in [5, 5.41) is 3.69. The van der Waals surface area contributed by atoms with Crippen molar-refractivity contribution >= 4 is 0 Å². The molecule has 0 N–H and O–H groups in total. The molecule has 0 unspecified atom stereocenters. The summed E-state index contributed by atoms with van der Waals surface area (Å²) < 4.78 is 38.2. The zero-order valence-corrected chi connectivity index (χ0v) is 7.31. The molecule has 2 aromatic heterocycles. The third-order valence-electron chi connectivity index (χ3n) is 1.73. The van der Waals surface area contributed by atoms with Crippen molar-refractivity contribution in [3.63, 3.8) is 0 Å². The molecular formula is C8H5F3N4. The number of rotatable bonds is 1. The first-order valence-electron chi connectivity index (χ1n) is 3.95. The molecule has 4 nitrogen and oxygen atoms in total. The Kier molecular flexibility index (Phi) is 2.14. The molecule has 0 spiro atoms. The van der Waals surface area contributed by atoms with Crippen LogP contribution in [0.5, 0.6) is 0 Å². The van der Waals surface area contributed by atoms with Gasteiger partial charge in [0, 0.05) is 6.20 Å². The number of hydrogen-bond acceptors (Lipinski definition) is 3. The van der Waals surface area contributed by atoms with E-state index in [1.807, 2.05) is 0 Å². The van der Waals surface area contributed by atoms with Crippen molar-refractivity contribution < 1.29 is 13.2 Å². The predicted octanol–water partition coefficient (Wildman–Crippen LogP) is 1.68. The van der Waals surface area contributed by atoms with Crippen LogP contribution in [0.4, 0.5) is 13.2 Å². The molecule has 0 aliphatic heterocycles. The van der Waals surface area contributed by atoms with E-state index < -0.39 is 11.7 Å². The summed E-state index contributed by atoms with van der Waals surface area (Å²) in [7, 11) is 0. The third-order valence-corrected chi connectivity index (χ3v) is 1.73. The fourth-order valence-corrected chi connectivity index (χ4v) is 1.05. The summed E-state index contributed by atoms with van der Waals surface area (Å²) in [5.74, 6) is 0.0855. The van der Waals surface area contributed by atoms with Crippen molar-refractivity contribution in [2.24, 2.45) is 0 Å². The number of hydrogen-bond donors (Lipinski definition) is 0. The Morgan fingerprint density at radius 1 is 1.27 bits per heavy atom. The molecule has 0 fully saturated rings. The van der Waals surface area contributed by atoms with Crippen LogP contribution in [0.3, 0.4) is 0 Å². The second kappa shape index (κ2) is 3.34. The lowest BCUT2D eigenvalue weighted by Crippen LogP contribution is -2.07. The third kappa shape index (κ3) is 1.95. The molecule has 7 heteroatoms. The van der Waals surface area contributed by atoms with E-state index in [1.54, 1.807) is 0 Å². The van der Waals surface area contributed by atoms with Crippen LogP contribution >= 0.6 is 0 Å². The van der Waals surface area contributed by atoms with Gasteiger partial charge in [-0.05, 0) is 12.1 Å². The van der Waals surface area contributed by atoms with Gasteiger partial charge in [0.2, 0.25) is 0 Å². The van der Waals surface area contributed by atoms with Crippen LogP contribution in [0.1, 0.15) is 5.56 Å². The van der Waals surface area contributed by atoms with Gasteiger partial charge in [0.15, 0.2) is 5.82 Å². The van der Waals surface area contributed by atoms with E-state index in [0.29, 0.717) is 0 Å². The van der Waals surface area contributed by atoms with Crippen molar-refractivity contribution in [1.82, 2.24) is 19.7 Å². The molecule has 0 amide bonds. The monoisotopic (exact) mass is 214 g/mol. The van der Waals surface area contributed by atoms with Crippen molar-refractivity contribution in [2.45, 2.75) is 6.18 Å². The molecule has 2 heterocycles. The van der Waals surface area contributed by atoms with Gasteiger partial charge in [0.05, 0.1) is 5.56 Å². The van der Waals surface area contributed by atoms with Crippen LogP contribution < -0.4 is 0 Å². The van der Waals surface area contributed by atoms with Gasteiger partial charge >= 0.3 is 6.18 Å². The fourth-order valence-electron chi connectivity index (χ4n) is 1.05. The molecule has 0 saturated heterocycles. The van der Waals surface area contributed by atoms with E-state index in [0.717, 1.165) is 23.0 Å². The molecule has 2 rings (SSSR count). The van der Waals surface area contributed by atoms with Crippen molar-refractivity contribution in [3.05, 3.63) is 36.5 Å². The second-order valence-electron chi connectivity index (χ2n) is 2.74. The Balaban J connectivity index is 2.44. The summed E-state index contributed by atoms with van der Waals surface area (Å²) in [6.45, 7) is 0. The lowest BCUT2D eigenvalue weighted by atomic mass is 10.2. The second-order valence-corrected chi connectivity index (χ2v) is 2.74. The largest absolute Gasteiger partial charge is 0.416 e. The van der Waals surface area contributed by atoms with E-state index in [-0.39, 0.29) is 5.82 Å². The molecule has 0 bridgehead atoms. The maximum atomic E-state index is 12.3. The lowest BCUT2D eigenvalue weighted by molar-refractivity contribution is -0.137. The highest BCUT2D eigenvalue weighted by Crippen LogP contribution is 2.29. The Labute approximate surface area is 82.4 Å². The Morgan fingerprint density at radius 3 is 2.67 bits per heavy atom. The summed E-state index contributed by atoms with van der Waals surface area (Å²) in [5.41, 5.74) is -0.761. The van der Waals surface area contributed by atoms with Gasteiger partial charge in [-0.15, -0.1) is 0 Å². The lowest BCUT2D eigenvalue weighted by Gasteiger charge is -2.07. The van der Waals surface area contributed by atoms with Gasteiger partial charge in [-0.25, -0.2) is 14.6 Å². The number of pyridine rings is 1. The SMILES string of the molecule is FC(F)(F)c1ccnc(-n2cncn2)c1. The van der Waals surface area contributed by atoms with Crippen LogP contribution in [0.15, 0.2) is 31.0 Å². The predicted molar refractivity (Wildman–Crippen MR) is 44.2 cm³/mol. The first-order chi connectivity index (χ1) is 7.07. The van der Waals surface area contributed by atoms with Gasteiger partial charge < -0.3 is 0 Å². The normalized spacial score (nSPS) is 11.7. The zero-order chi connectivity index (χ0) is 10.9. The van der Waals surface area contributed by atoms with E-state index in [4.69, 9.17) is 0 Å². The number of aromatic nitrogens is 4. The average molecular weight is 214 g/mol. The maximum absolute atomic E-state index is 12.3. The average Bonchev–Trinajstić information content (AvgIpc) is 2.69. The Hall–Kier alpha value is -1.92. The quantitative estimate of drug-likeness (QED) is 0.725. The van der Waals surface area contributed by atoms with E-state index in [2.05, 4.69) is 15.1 Å². The molecule has 0 saturated carbocycles. The number of alkyl halides is 3. The maximum Gasteiger partial charge on any atom is 0.416 e. The Morgan fingerprint density at radius 2 is 2.07 bits per heavy atom. The fraction of sp³-hybridized carbons (Fsp3) is 0.125. The molecule has 0 aromatic carbocycles. The van der Waals surface area contributed by atoms with Gasteiger partial charge in [-0.3, -0.25) is 0 Å². The molecule has 0 atom stereocenters. The molecule has 15 heavy (non-hydrogen) atoms. The standard InChI is InChI=1S/C8H5F3N4/c9-8(10,11)6-1-2-13-7(3-6)15-5-12-4-14-15/h1-5H. The van der Waals surface area contributed by atoms with E-state index in [1.165, 1.54) is 12.7 Å². The van der Waals surface area contributed by atoms with Crippen LogP contribution in [0.25, 0.3) is 5.82 Å². The molecule has 78 valence electrons. The number of nitrogens with zero attached hydrogens (tertiary/aromatic N) is 4. The molecular weight excluding hydrogens is 209 g/mol. The first-order valence-corrected chi connectivity index (χ1v) is 3.95. The molecule has 2 aromatic rings. The smallest absolute Gasteiger partial charge is 0.237 e. The number of halogens is 3. The summed E-state index contributed by atoms with van der Waals surface area (Å²) in [6.07, 6.45) is -0.789. The van der Waals surface area contributed by atoms with Crippen molar-refractivity contribution in [3.8, 4) is 5.82 Å². The Bertz CT molecular complexity index is 449. The summed E-state index contributed by atoms with van der Waals surface area (Å²) >= 11 is 0. The highest BCUT2D eigenvalue weighted by Gasteiger charge is 2.30. The van der Waals surface area contributed by atoms with Crippen LogP contribution in [-0.4, -0.2) is 19.7 Å². The van der Waals surface area contributed by atoms with Gasteiger partial charge in [-0.2, -0.15) is 18.3 Å². The van der Waals surface area contributed by atoms with E-state index >= 15 is 0 Å². The van der Waals surface area contributed by atoms with Crippen LogP contribution in [0, 0.1) is 0 Å². The molecule has 0 aliphatic carbocycles. The molecule has 0 aliphatic rings. The minimum Gasteiger partial charge on any atom is -0.237 e. The minimum absolute atomic E-state index is 0.0855. The minimum atomic E-state index is -4.38. The summed E-state index contributed by atoms with van der Waals surface area (Å²) in [4.78, 5) is 7.38. The summed E-state index contributed by atoms with van der Waals surface area (Å²) in [6, 6.07) is 1.81. The highest BCUT2D eigenvalue weighted by molar-refractivity contribution is 5.28. The van der Waals surface area contributed by atoms with Crippen LogP contribution in [-0.2, 0) is 6.18 Å². The van der Waals surface area contributed by atoms with Gasteiger partial charge in [0.25, 0.3) is 0 Å². The van der Waals surface area contributed by atoms with Gasteiger partial charge in [-0.1, -0.05) is 0 Å². The van der Waals surface area contributed by atoms with E-state index in [9.17, 15) is 13.2 Å². The highest BCUT2D eigenvalue weighted by atomic mass is 19.4. The van der Waals surface area contributed by atoms with Crippen LogP contribution in [0.2, 0.25) is 0 Å². The topological polar surface area (TPSA) is 43.6 Å².